The molecule has 4 nitrogen and oxygen atoms in total. The number of rotatable bonds is 5. The van der Waals surface area contributed by atoms with Gasteiger partial charge in [-0.15, -0.1) is 0 Å². The van der Waals surface area contributed by atoms with Crippen molar-refractivity contribution < 1.29 is 8.42 Å². The van der Waals surface area contributed by atoms with Crippen LogP contribution in [0.25, 0.3) is 0 Å². The Labute approximate surface area is 120 Å². The lowest BCUT2D eigenvalue weighted by atomic mass is 10.2. The summed E-state index contributed by atoms with van der Waals surface area (Å²) in [5, 5.41) is 0. The molecule has 0 saturated heterocycles. The smallest absolute Gasteiger partial charge is 0.240 e. The number of hydrogen-bond acceptors (Lipinski definition) is 2. The van der Waals surface area contributed by atoms with Crippen molar-refractivity contribution in [2.75, 3.05) is 6.54 Å². The molecular weight excluding hydrogens is 272 g/mol. The number of benzene rings is 1. The third-order valence-corrected chi connectivity index (χ3v) is 4.84. The number of aromatic nitrogens is 1. The van der Waals surface area contributed by atoms with Crippen LogP contribution < -0.4 is 4.72 Å². The van der Waals surface area contributed by atoms with Gasteiger partial charge in [-0.3, -0.25) is 0 Å². The first-order valence-corrected chi connectivity index (χ1v) is 8.04. The van der Waals surface area contributed by atoms with E-state index >= 15 is 0 Å². The summed E-state index contributed by atoms with van der Waals surface area (Å²) in [5.41, 5.74) is 2.83. The Balaban J connectivity index is 2.06. The Kier molecular flexibility index (Phi) is 4.30. The molecule has 2 rings (SSSR count). The molecule has 0 radical (unpaired) electrons. The van der Waals surface area contributed by atoms with Crippen molar-refractivity contribution in [3.63, 3.8) is 0 Å². The lowest BCUT2D eigenvalue weighted by Crippen LogP contribution is -2.26. The van der Waals surface area contributed by atoms with Crippen LogP contribution in [0, 0.1) is 13.8 Å². The second-order valence-electron chi connectivity index (χ2n) is 5.10. The highest BCUT2D eigenvalue weighted by atomic mass is 32.2. The van der Waals surface area contributed by atoms with Crippen LogP contribution in [0.3, 0.4) is 0 Å². The zero-order valence-corrected chi connectivity index (χ0v) is 12.9. The summed E-state index contributed by atoms with van der Waals surface area (Å²) in [6, 6.07) is 7.45. The van der Waals surface area contributed by atoms with Crippen molar-refractivity contribution in [3.8, 4) is 0 Å². The largest absolute Gasteiger partial charge is 0.357 e. The third kappa shape index (κ3) is 3.49. The Morgan fingerprint density at radius 3 is 2.60 bits per heavy atom. The molecule has 1 heterocycles. The predicted molar refractivity (Wildman–Crippen MR) is 80.2 cm³/mol. The van der Waals surface area contributed by atoms with Crippen LogP contribution >= 0.6 is 0 Å². The molecule has 0 saturated carbocycles. The lowest BCUT2D eigenvalue weighted by Gasteiger charge is -2.09. The average Bonchev–Trinajstić information content (AvgIpc) is 2.78. The highest BCUT2D eigenvalue weighted by Crippen LogP contribution is 2.16. The molecule has 0 spiro atoms. The van der Waals surface area contributed by atoms with E-state index in [0.717, 1.165) is 16.7 Å². The van der Waals surface area contributed by atoms with Crippen LogP contribution in [-0.2, 0) is 23.5 Å². The van der Waals surface area contributed by atoms with Crippen molar-refractivity contribution in [1.29, 1.82) is 0 Å². The number of nitrogens with one attached hydrogen (secondary N) is 1. The molecule has 0 aliphatic carbocycles. The van der Waals surface area contributed by atoms with Crippen LogP contribution in [0.1, 0.15) is 16.7 Å². The second-order valence-corrected chi connectivity index (χ2v) is 6.84. The molecule has 0 aliphatic rings. The van der Waals surface area contributed by atoms with E-state index in [9.17, 15) is 8.42 Å². The number of sulfonamides is 1. The minimum Gasteiger partial charge on any atom is -0.357 e. The first-order chi connectivity index (χ1) is 9.38. The van der Waals surface area contributed by atoms with Gasteiger partial charge in [0, 0.05) is 26.0 Å². The van der Waals surface area contributed by atoms with Gasteiger partial charge in [0.2, 0.25) is 10.0 Å². The summed E-state index contributed by atoms with van der Waals surface area (Å²) < 4.78 is 29.2. The molecule has 20 heavy (non-hydrogen) atoms. The van der Waals surface area contributed by atoms with Crippen molar-refractivity contribution in [2.24, 2.45) is 7.05 Å². The Bertz CT molecular complexity index is 702. The number of aryl methyl sites for hydroxylation is 3. The fraction of sp³-hybridized carbons (Fsp3) is 0.333. The van der Waals surface area contributed by atoms with Crippen LogP contribution in [0.4, 0.5) is 0 Å². The van der Waals surface area contributed by atoms with Gasteiger partial charge in [-0.2, -0.15) is 0 Å². The zero-order valence-electron chi connectivity index (χ0n) is 12.1. The summed E-state index contributed by atoms with van der Waals surface area (Å²) in [5.74, 6) is 0. The average molecular weight is 292 g/mol. The minimum absolute atomic E-state index is 0.366. The summed E-state index contributed by atoms with van der Waals surface area (Å²) in [4.78, 5) is 0.366. The molecule has 0 fully saturated rings. The summed E-state index contributed by atoms with van der Waals surface area (Å²) >= 11 is 0. The molecule has 0 amide bonds. The highest BCUT2D eigenvalue weighted by molar-refractivity contribution is 7.89. The molecular formula is C15H20N2O2S. The molecule has 0 unspecified atom stereocenters. The molecule has 1 aromatic heterocycles. The van der Waals surface area contributed by atoms with Crippen molar-refractivity contribution in [2.45, 2.75) is 25.2 Å². The molecule has 1 N–H and O–H groups in total. The van der Waals surface area contributed by atoms with Gasteiger partial charge < -0.3 is 4.57 Å². The van der Waals surface area contributed by atoms with Crippen molar-refractivity contribution in [1.82, 2.24) is 9.29 Å². The van der Waals surface area contributed by atoms with Gasteiger partial charge in [-0.25, -0.2) is 13.1 Å². The van der Waals surface area contributed by atoms with Gasteiger partial charge in [0.05, 0.1) is 4.90 Å². The van der Waals surface area contributed by atoms with Crippen LogP contribution in [0.5, 0.6) is 0 Å². The zero-order chi connectivity index (χ0) is 14.8. The first kappa shape index (κ1) is 14.8. The van der Waals surface area contributed by atoms with Crippen molar-refractivity contribution in [3.05, 3.63) is 53.3 Å². The molecule has 0 atom stereocenters. The number of nitrogens with zero attached hydrogens (tertiary/aromatic N) is 1. The van der Waals surface area contributed by atoms with Crippen LogP contribution in [0.15, 0.2) is 41.6 Å². The minimum atomic E-state index is -3.43. The molecule has 2 aromatic rings. The van der Waals surface area contributed by atoms with E-state index in [0.29, 0.717) is 17.9 Å². The summed E-state index contributed by atoms with van der Waals surface area (Å²) in [6.45, 7) is 4.10. The van der Waals surface area contributed by atoms with Gasteiger partial charge in [0.15, 0.2) is 0 Å². The lowest BCUT2D eigenvalue weighted by molar-refractivity contribution is 0.581. The molecule has 0 bridgehead atoms. The summed E-state index contributed by atoms with van der Waals surface area (Å²) in [6.07, 6.45) is 4.63. The van der Waals surface area contributed by atoms with E-state index in [-0.39, 0.29) is 0 Å². The van der Waals surface area contributed by atoms with Gasteiger partial charge in [-0.1, -0.05) is 12.1 Å². The molecule has 5 heteroatoms. The Morgan fingerprint density at radius 1 is 1.20 bits per heavy atom. The fourth-order valence-electron chi connectivity index (χ4n) is 2.11. The first-order valence-electron chi connectivity index (χ1n) is 6.56. The Hall–Kier alpha value is -1.59. The van der Waals surface area contributed by atoms with E-state index < -0.39 is 10.0 Å². The predicted octanol–water partition coefficient (Wildman–Crippen LogP) is 2.16. The van der Waals surface area contributed by atoms with E-state index in [2.05, 4.69) is 4.72 Å². The molecule has 108 valence electrons. The van der Waals surface area contributed by atoms with E-state index in [1.807, 2.05) is 56.1 Å². The van der Waals surface area contributed by atoms with E-state index in [1.54, 1.807) is 6.07 Å². The molecule has 1 aromatic carbocycles. The highest BCUT2D eigenvalue weighted by Gasteiger charge is 2.16. The maximum absolute atomic E-state index is 12.3. The maximum atomic E-state index is 12.3. The van der Waals surface area contributed by atoms with Gasteiger partial charge in [0.25, 0.3) is 0 Å². The topological polar surface area (TPSA) is 51.1 Å². The van der Waals surface area contributed by atoms with E-state index in [4.69, 9.17) is 0 Å². The fourth-order valence-corrected chi connectivity index (χ4v) is 3.47. The Morgan fingerprint density at radius 2 is 1.95 bits per heavy atom. The standard InChI is InChI=1S/C15H20N2O2S/c1-12-4-5-13(2)15(10-12)20(18,19)16-8-6-14-7-9-17(3)11-14/h4-5,7,9-11,16H,6,8H2,1-3H3. The third-order valence-electron chi connectivity index (χ3n) is 3.23. The SMILES string of the molecule is Cc1ccc(C)c(S(=O)(=O)NCCc2ccn(C)c2)c1. The normalized spacial score (nSPS) is 11.8. The van der Waals surface area contributed by atoms with Crippen LogP contribution in [0.2, 0.25) is 0 Å². The maximum Gasteiger partial charge on any atom is 0.240 e. The van der Waals surface area contributed by atoms with E-state index in [1.165, 1.54) is 0 Å². The quantitative estimate of drug-likeness (QED) is 0.918. The van der Waals surface area contributed by atoms with Gasteiger partial charge in [-0.05, 0) is 49.1 Å². The molecule has 0 aliphatic heterocycles. The second kappa shape index (κ2) is 5.81. The van der Waals surface area contributed by atoms with Gasteiger partial charge >= 0.3 is 0 Å². The monoisotopic (exact) mass is 292 g/mol. The summed E-state index contributed by atoms with van der Waals surface area (Å²) in [7, 11) is -1.49. The van der Waals surface area contributed by atoms with Crippen molar-refractivity contribution >= 4 is 10.0 Å². The van der Waals surface area contributed by atoms with Gasteiger partial charge in [0.1, 0.15) is 0 Å². The number of hydrogen-bond donors (Lipinski definition) is 1. The van der Waals surface area contributed by atoms with Crippen LogP contribution in [-0.4, -0.2) is 19.5 Å².